The average molecular weight is 280 g/mol. The summed E-state index contributed by atoms with van der Waals surface area (Å²) in [5.41, 5.74) is 0.190. The molecular weight excluding hydrogens is 260 g/mol. The lowest BCUT2D eigenvalue weighted by Crippen LogP contribution is -2.16. The second-order valence-electron chi connectivity index (χ2n) is 4.30. The zero-order valence-electron chi connectivity index (χ0n) is 11.9. The highest BCUT2D eigenvalue weighted by atomic mass is 16.5. The topological polar surface area (TPSA) is 78.4 Å². The second kappa shape index (κ2) is 9.01. The van der Waals surface area contributed by atoms with E-state index >= 15 is 0 Å². The van der Waals surface area contributed by atoms with E-state index in [1.165, 1.54) is 12.4 Å². The quantitative estimate of drug-likeness (QED) is 0.537. The lowest BCUT2D eigenvalue weighted by Gasteiger charge is -2.08. The number of carbonyl (C=O) groups excluding carboxylic acids is 2. The van der Waals surface area contributed by atoms with E-state index in [2.05, 4.69) is 10.2 Å². The molecule has 0 spiro atoms. The predicted molar refractivity (Wildman–Crippen MR) is 72.4 cm³/mol. The lowest BCUT2D eigenvalue weighted by molar-refractivity contribution is 0.0451. The van der Waals surface area contributed by atoms with Crippen molar-refractivity contribution < 1.29 is 19.1 Å². The summed E-state index contributed by atoms with van der Waals surface area (Å²) in [4.78, 5) is 23.8. The highest BCUT2D eigenvalue weighted by Crippen LogP contribution is 2.10. The molecule has 1 aromatic heterocycles. The van der Waals surface area contributed by atoms with Crippen LogP contribution < -0.4 is 0 Å². The fourth-order valence-electron chi connectivity index (χ4n) is 1.42. The number of hydrogen-bond donors (Lipinski definition) is 0. The summed E-state index contributed by atoms with van der Waals surface area (Å²) in [7, 11) is 0. The monoisotopic (exact) mass is 280 g/mol. The van der Waals surface area contributed by atoms with Crippen molar-refractivity contribution in [2.75, 3.05) is 13.2 Å². The van der Waals surface area contributed by atoms with E-state index in [1.807, 2.05) is 13.8 Å². The highest BCUT2D eigenvalue weighted by Gasteiger charge is 2.20. The number of hydrogen-bond acceptors (Lipinski definition) is 6. The van der Waals surface area contributed by atoms with Gasteiger partial charge in [-0.15, -0.1) is 0 Å². The number of aromatic nitrogens is 2. The molecule has 0 aromatic carbocycles. The van der Waals surface area contributed by atoms with Gasteiger partial charge >= 0.3 is 11.9 Å². The molecule has 6 nitrogen and oxygen atoms in total. The first-order chi connectivity index (χ1) is 9.70. The van der Waals surface area contributed by atoms with Crippen molar-refractivity contribution in [1.82, 2.24) is 10.2 Å². The molecule has 0 aliphatic rings. The molecule has 0 fully saturated rings. The van der Waals surface area contributed by atoms with Crippen molar-refractivity contribution >= 4 is 11.9 Å². The number of ether oxygens (including phenoxy) is 2. The SMILES string of the molecule is CCCCOC(=O)c1cnncc1C(=O)OCCCC. The third-order valence-corrected chi connectivity index (χ3v) is 2.63. The summed E-state index contributed by atoms with van der Waals surface area (Å²) in [5.74, 6) is -1.15. The molecule has 0 N–H and O–H groups in total. The van der Waals surface area contributed by atoms with Gasteiger partial charge in [-0.05, 0) is 12.8 Å². The van der Waals surface area contributed by atoms with Crippen LogP contribution in [0.5, 0.6) is 0 Å². The van der Waals surface area contributed by atoms with Gasteiger partial charge in [-0.2, -0.15) is 10.2 Å². The van der Waals surface area contributed by atoms with Crippen LogP contribution in [0.2, 0.25) is 0 Å². The molecule has 0 saturated heterocycles. The number of rotatable bonds is 8. The molecule has 0 amide bonds. The van der Waals surface area contributed by atoms with Crippen LogP contribution in [0, 0.1) is 0 Å². The number of unbranched alkanes of at least 4 members (excludes halogenated alkanes) is 2. The van der Waals surface area contributed by atoms with Crippen molar-refractivity contribution in [1.29, 1.82) is 0 Å². The molecule has 1 rings (SSSR count). The van der Waals surface area contributed by atoms with Gasteiger partial charge in [0.2, 0.25) is 0 Å². The largest absolute Gasteiger partial charge is 0.462 e. The molecule has 6 heteroatoms. The molecule has 20 heavy (non-hydrogen) atoms. The lowest BCUT2D eigenvalue weighted by atomic mass is 10.2. The van der Waals surface area contributed by atoms with Gasteiger partial charge in [0.05, 0.1) is 36.7 Å². The Morgan fingerprint density at radius 3 is 1.65 bits per heavy atom. The Hall–Kier alpha value is -1.98. The van der Waals surface area contributed by atoms with Crippen LogP contribution in [0.4, 0.5) is 0 Å². The van der Waals surface area contributed by atoms with Crippen molar-refractivity contribution in [3.63, 3.8) is 0 Å². The minimum absolute atomic E-state index is 0.0950. The third-order valence-electron chi connectivity index (χ3n) is 2.63. The van der Waals surface area contributed by atoms with E-state index in [0.717, 1.165) is 25.7 Å². The van der Waals surface area contributed by atoms with E-state index in [-0.39, 0.29) is 11.1 Å². The Balaban J connectivity index is 2.71. The summed E-state index contributed by atoms with van der Waals surface area (Å²) >= 11 is 0. The first-order valence-corrected chi connectivity index (χ1v) is 6.85. The maximum atomic E-state index is 11.9. The van der Waals surface area contributed by atoms with Gasteiger partial charge in [0.25, 0.3) is 0 Å². The van der Waals surface area contributed by atoms with E-state index < -0.39 is 11.9 Å². The van der Waals surface area contributed by atoms with E-state index in [1.54, 1.807) is 0 Å². The van der Waals surface area contributed by atoms with Crippen LogP contribution in [0.1, 0.15) is 60.2 Å². The Bertz CT molecular complexity index is 408. The highest BCUT2D eigenvalue weighted by molar-refractivity contribution is 6.02. The predicted octanol–water partition coefficient (Wildman–Crippen LogP) is 2.39. The fourth-order valence-corrected chi connectivity index (χ4v) is 1.42. The molecule has 0 atom stereocenters. The summed E-state index contributed by atoms with van der Waals surface area (Å²) in [6.45, 7) is 4.64. The molecule has 0 aliphatic heterocycles. The van der Waals surface area contributed by atoms with Gasteiger partial charge in [-0.25, -0.2) is 9.59 Å². The van der Waals surface area contributed by atoms with Gasteiger partial charge in [-0.1, -0.05) is 26.7 Å². The summed E-state index contributed by atoms with van der Waals surface area (Å²) in [6.07, 6.45) is 5.86. The van der Waals surface area contributed by atoms with Crippen molar-refractivity contribution in [3.05, 3.63) is 23.5 Å². The first-order valence-electron chi connectivity index (χ1n) is 6.85. The fraction of sp³-hybridized carbons (Fsp3) is 0.571. The van der Waals surface area contributed by atoms with Crippen LogP contribution in [-0.2, 0) is 9.47 Å². The van der Waals surface area contributed by atoms with E-state index in [0.29, 0.717) is 13.2 Å². The maximum absolute atomic E-state index is 11.9. The van der Waals surface area contributed by atoms with Crippen LogP contribution in [0.15, 0.2) is 12.4 Å². The molecule has 1 aromatic rings. The molecule has 0 saturated carbocycles. The van der Waals surface area contributed by atoms with Crippen LogP contribution in [0.3, 0.4) is 0 Å². The van der Waals surface area contributed by atoms with Gasteiger partial charge < -0.3 is 9.47 Å². The van der Waals surface area contributed by atoms with E-state index in [9.17, 15) is 9.59 Å². The molecular formula is C14H20N2O4. The number of carbonyl (C=O) groups is 2. The second-order valence-corrected chi connectivity index (χ2v) is 4.30. The summed E-state index contributed by atoms with van der Waals surface area (Å²) in [5, 5.41) is 7.23. The molecule has 0 aliphatic carbocycles. The minimum Gasteiger partial charge on any atom is -0.462 e. The van der Waals surface area contributed by atoms with Gasteiger partial charge in [-0.3, -0.25) is 0 Å². The number of nitrogens with zero attached hydrogens (tertiary/aromatic N) is 2. The third kappa shape index (κ3) is 4.95. The summed E-state index contributed by atoms with van der Waals surface area (Å²) in [6, 6.07) is 0. The zero-order valence-corrected chi connectivity index (χ0v) is 11.9. The van der Waals surface area contributed by atoms with Crippen LogP contribution in [-0.4, -0.2) is 35.3 Å². The van der Waals surface area contributed by atoms with Crippen molar-refractivity contribution in [3.8, 4) is 0 Å². The molecule has 0 radical (unpaired) electrons. The summed E-state index contributed by atoms with van der Waals surface area (Å²) < 4.78 is 10.1. The number of esters is 2. The minimum atomic E-state index is -0.573. The van der Waals surface area contributed by atoms with Crippen LogP contribution >= 0.6 is 0 Å². The first kappa shape index (κ1) is 16.1. The van der Waals surface area contributed by atoms with Gasteiger partial charge in [0.15, 0.2) is 0 Å². The van der Waals surface area contributed by atoms with Crippen molar-refractivity contribution in [2.24, 2.45) is 0 Å². The molecule has 0 unspecified atom stereocenters. The Labute approximate surface area is 118 Å². The van der Waals surface area contributed by atoms with Crippen LogP contribution in [0.25, 0.3) is 0 Å². The molecule has 110 valence electrons. The molecule has 1 heterocycles. The smallest absolute Gasteiger partial charge is 0.340 e. The maximum Gasteiger partial charge on any atom is 0.340 e. The van der Waals surface area contributed by atoms with Gasteiger partial charge in [0.1, 0.15) is 0 Å². The zero-order chi connectivity index (χ0) is 14.8. The Kier molecular flexibility index (Phi) is 7.24. The van der Waals surface area contributed by atoms with Gasteiger partial charge in [0, 0.05) is 0 Å². The normalized spacial score (nSPS) is 10.1. The average Bonchev–Trinajstić information content (AvgIpc) is 2.47. The Morgan fingerprint density at radius 1 is 0.900 bits per heavy atom. The van der Waals surface area contributed by atoms with Crippen molar-refractivity contribution in [2.45, 2.75) is 39.5 Å². The standard InChI is InChI=1S/C14H20N2O4/c1-3-5-7-19-13(17)11-9-15-16-10-12(11)14(18)20-8-6-4-2/h9-10H,3-8H2,1-2H3. The molecule has 0 bridgehead atoms. The Morgan fingerprint density at radius 2 is 1.30 bits per heavy atom. The van der Waals surface area contributed by atoms with E-state index in [4.69, 9.17) is 9.47 Å².